The van der Waals surface area contributed by atoms with Gasteiger partial charge in [0.05, 0.1) is 15.9 Å². The lowest BCUT2D eigenvalue weighted by Crippen LogP contribution is -2.34. The first kappa shape index (κ1) is 20.7. The van der Waals surface area contributed by atoms with E-state index < -0.39 is 46.4 Å². The molecule has 8 nitrogen and oxygen atoms in total. The predicted octanol–water partition coefficient (Wildman–Crippen LogP) is 2.80. The van der Waals surface area contributed by atoms with Crippen molar-refractivity contribution in [2.75, 3.05) is 18.8 Å². The van der Waals surface area contributed by atoms with Gasteiger partial charge < -0.3 is 0 Å². The second-order valence-electron chi connectivity index (χ2n) is 6.29. The maximum Gasteiger partial charge on any atom is 0.289 e. The summed E-state index contributed by atoms with van der Waals surface area (Å²) in [6.45, 7) is -0.374. The summed E-state index contributed by atoms with van der Waals surface area (Å²) in [6, 6.07) is 11.6. The van der Waals surface area contributed by atoms with Crippen molar-refractivity contribution in [3.63, 3.8) is 0 Å². The lowest BCUT2D eigenvalue weighted by Gasteiger charge is -2.19. The van der Waals surface area contributed by atoms with Crippen molar-refractivity contribution in [2.24, 2.45) is 0 Å². The zero-order chi connectivity index (χ0) is 20.5. The topological polar surface area (TPSA) is 115 Å². The van der Waals surface area contributed by atoms with Crippen molar-refractivity contribution < 1.29 is 21.8 Å². The van der Waals surface area contributed by atoms with Crippen molar-refractivity contribution in [1.29, 1.82) is 0 Å². The van der Waals surface area contributed by atoms with Crippen LogP contribution >= 0.6 is 11.6 Å². The molecule has 1 saturated heterocycles. The van der Waals surface area contributed by atoms with Crippen molar-refractivity contribution in [2.45, 2.75) is 16.6 Å². The molecule has 0 amide bonds. The molecule has 11 heteroatoms. The Balaban J connectivity index is 1.97. The Bertz CT molecular complexity index is 1120. The minimum absolute atomic E-state index is 0.00588. The number of hydrogen-bond donors (Lipinski definition) is 0. The number of halogens is 1. The fourth-order valence-corrected chi connectivity index (χ4v) is 7.09. The first-order valence-electron chi connectivity index (χ1n) is 8.34. The van der Waals surface area contributed by atoms with E-state index in [4.69, 9.17) is 11.6 Å². The van der Waals surface area contributed by atoms with Crippen molar-refractivity contribution in [3.8, 4) is 0 Å². The normalized spacial score (nSPS) is 20.4. The number of hydrogen-bond acceptors (Lipinski definition) is 6. The zero-order valence-electron chi connectivity index (χ0n) is 14.6. The third-order valence-electron chi connectivity index (χ3n) is 4.63. The highest BCUT2D eigenvalue weighted by atomic mass is 35.5. The van der Waals surface area contributed by atoms with E-state index in [1.165, 1.54) is 12.1 Å². The van der Waals surface area contributed by atoms with Gasteiger partial charge in [-0.3, -0.25) is 10.1 Å². The molecular formula is C17H17ClN2O6S2. The van der Waals surface area contributed by atoms with Crippen LogP contribution in [-0.4, -0.2) is 44.9 Å². The smallest absolute Gasteiger partial charge is 0.258 e. The van der Waals surface area contributed by atoms with Crippen LogP contribution in [0.25, 0.3) is 0 Å². The fraction of sp³-hybridized carbons (Fsp3) is 0.294. The predicted molar refractivity (Wildman–Crippen MR) is 104 cm³/mol. The van der Waals surface area contributed by atoms with Gasteiger partial charge in [-0.15, -0.1) is 0 Å². The highest BCUT2D eigenvalue weighted by Gasteiger charge is 2.38. The molecular weight excluding hydrogens is 428 g/mol. The number of nitro groups is 1. The summed E-state index contributed by atoms with van der Waals surface area (Å²) in [4.78, 5) is 9.99. The van der Waals surface area contributed by atoms with Gasteiger partial charge in [-0.1, -0.05) is 41.9 Å². The van der Waals surface area contributed by atoms with E-state index in [1.54, 1.807) is 24.3 Å². The lowest BCUT2D eigenvalue weighted by atomic mass is 10.1. The van der Waals surface area contributed by atoms with E-state index in [1.807, 2.05) is 0 Å². The van der Waals surface area contributed by atoms with E-state index in [9.17, 15) is 26.9 Å². The van der Waals surface area contributed by atoms with Crippen LogP contribution in [0.1, 0.15) is 17.2 Å². The van der Waals surface area contributed by atoms with Gasteiger partial charge in [-0.25, -0.2) is 16.8 Å². The molecule has 0 aliphatic carbocycles. The molecule has 1 fully saturated rings. The average Bonchev–Trinajstić information content (AvgIpc) is 2.80. The average molecular weight is 445 g/mol. The maximum atomic E-state index is 13.0. The first-order valence-corrected chi connectivity index (χ1v) is 11.9. The van der Waals surface area contributed by atoms with Crippen LogP contribution in [0.5, 0.6) is 0 Å². The Morgan fingerprint density at radius 2 is 1.71 bits per heavy atom. The lowest BCUT2D eigenvalue weighted by molar-refractivity contribution is -0.387. The summed E-state index contributed by atoms with van der Waals surface area (Å²) in [5, 5.41) is 10.6. The van der Waals surface area contributed by atoms with E-state index in [-0.39, 0.29) is 19.5 Å². The molecule has 0 spiro atoms. The second kappa shape index (κ2) is 7.78. The molecule has 0 saturated carbocycles. The van der Waals surface area contributed by atoms with Gasteiger partial charge in [0, 0.05) is 24.2 Å². The van der Waals surface area contributed by atoms with Crippen LogP contribution in [0.3, 0.4) is 0 Å². The minimum Gasteiger partial charge on any atom is -0.258 e. The number of rotatable bonds is 4. The number of sulfonamides is 1. The van der Waals surface area contributed by atoms with Gasteiger partial charge >= 0.3 is 0 Å². The molecule has 150 valence electrons. The van der Waals surface area contributed by atoms with E-state index >= 15 is 0 Å². The molecule has 1 heterocycles. The zero-order valence-corrected chi connectivity index (χ0v) is 17.0. The molecule has 1 aliphatic heterocycles. The van der Waals surface area contributed by atoms with Crippen LogP contribution in [0.15, 0.2) is 53.4 Å². The van der Waals surface area contributed by atoms with E-state index in [0.29, 0.717) is 10.6 Å². The van der Waals surface area contributed by atoms with Crippen LogP contribution in [0, 0.1) is 10.1 Å². The molecule has 1 atom stereocenters. The molecule has 3 rings (SSSR count). The van der Waals surface area contributed by atoms with Gasteiger partial charge in [-0.05, 0) is 24.1 Å². The molecule has 2 aromatic rings. The Morgan fingerprint density at radius 3 is 2.39 bits per heavy atom. The standard InChI is InChI=1S/C17H17ClN2O6S2/c18-14-6-2-1-5-13(14)16-9-10-19(11-12-27(16,23)24)28(25,26)17-8-4-3-7-15(17)20(21)22/h1-8,16H,9-12H2. The molecule has 0 aromatic heterocycles. The Labute approximate surface area is 167 Å². The highest BCUT2D eigenvalue weighted by Crippen LogP contribution is 2.35. The number of nitro benzene ring substituents is 1. The Kier molecular flexibility index (Phi) is 5.76. The summed E-state index contributed by atoms with van der Waals surface area (Å²) in [5.74, 6) is -0.400. The van der Waals surface area contributed by atoms with Crippen LogP contribution in [-0.2, 0) is 19.9 Å². The second-order valence-corrected chi connectivity index (χ2v) is 10.9. The molecule has 1 aliphatic rings. The maximum absolute atomic E-state index is 13.0. The first-order chi connectivity index (χ1) is 13.1. The van der Waals surface area contributed by atoms with E-state index in [0.717, 1.165) is 16.4 Å². The number of para-hydroxylation sites is 1. The Hall–Kier alpha value is -2.01. The SMILES string of the molecule is O=[N+]([O-])c1ccccc1S(=O)(=O)N1CCC(c2ccccc2Cl)S(=O)(=O)CC1. The Morgan fingerprint density at radius 1 is 1.07 bits per heavy atom. The summed E-state index contributed by atoms with van der Waals surface area (Å²) in [7, 11) is -7.89. The highest BCUT2D eigenvalue weighted by molar-refractivity contribution is 7.92. The van der Waals surface area contributed by atoms with Crippen LogP contribution < -0.4 is 0 Å². The van der Waals surface area contributed by atoms with Crippen molar-refractivity contribution >= 4 is 37.1 Å². The van der Waals surface area contributed by atoms with E-state index in [2.05, 4.69) is 0 Å². The van der Waals surface area contributed by atoms with Crippen molar-refractivity contribution in [1.82, 2.24) is 4.31 Å². The molecule has 0 radical (unpaired) electrons. The molecule has 28 heavy (non-hydrogen) atoms. The quantitative estimate of drug-likeness (QED) is 0.529. The summed E-state index contributed by atoms with van der Waals surface area (Å²) < 4.78 is 52.5. The largest absolute Gasteiger partial charge is 0.289 e. The summed E-state index contributed by atoms with van der Waals surface area (Å²) in [5.41, 5.74) is -0.119. The van der Waals surface area contributed by atoms with Gasteiger partial charge in [0.25, 0.3) is 5.69 Å². The molecule has 1 unspecified atom stereocenters. The minimum atomic E-state index is -4.23. The number of nitrogens with zero attached hydrogens (tertiary/aromatic N) is 2. The monoisotopic (exact) mass is 444 g/mol. The van der Waals surface area contributed by atoms with Crippen molar-refractivity contribution in [3.05, 3.63) is 69.2 Å². The number of sulfone groups is 1. The fourth-order valence-electron chi connectivity index (χ4n) is 3.21. The van der Waals surface area contributed by atoms with Gasteiger partial charge in [0.2, 0.25) is 10.0 Å². The third-order valence-corrected chi connectivity index (χ3v) is 9.03. The molecule has 2 aromatic carbocycles. The molecule has 0 bridgehead atoms. The molecule has 0 N–H and O–H groups in total. The third kappa shape index (κ3) is 3.90. The van der Waals surface area contributed by atoms with Crippen LogP contribution in [0.4, 0.5) is 5.69 Å². The van der Waals surface area contributed by atoms with Gasteiger partial charge in [0.15, 0.2) is 14.7 Å². The summed E-state index contributed by atoms with van der Waals surface area (Å²) in [6.07, 6.45) is 0.00588. The number of benzene rings is 2. The van der Waals surface area contributed by atoms with Gasteiger partial charge in [-0.2, -0.15) is 4.31 Å². The van der Waals surface area contributed by atoms with Crippen LogP contribution in [0.2, 0.25) is 5.02 Å². The van der Waals surface area contributed by atoms with Gasteiger partial charge in [0.1, 0.15) is 0 Å². The summed E-state index contributed by atoms with van der Waals surface area (Å²) >= 11 is 6.14.